The molecule has 2 N–H and O–H groups in total. The summed E-state index contributed by atoms with van der Waals surface area (Å²) in [5.74, 6) is 0.814. The lowest BCUT2D eigenvalue weighted by Crippen LogP contribution is -2.42. The molecule has 2 heterocycles. The Balaban J connectivity index is 0.00000200. The van der Waals surface area contributed by atoms with Crippen LogP contribution in [0.4, 0.5) is 0 Å². The standard InChI is InChI=1S/C15H23N3O.2ClH/c1-12(16)13-7-10-18(11-8-13)15(19)6-5-14-4-2-3-9-17-14;;/h2-4,9,12-13H,5-8,10-11,16H2,1H3;2*1H. The van der Waals surface area contributed by atoms with Gasteiger partial charge in [-0.15, -0.1) is 24.8 Å². The van der Waals surface area contributed by atoms with Crippen LogP contribution < -0.4 is 5.73 Å². The highest BCUT2D eigenvalue weighted by Crippen LogP contribution is 2.20. The zero-order valence-corrected chi connectivity index (χ0v) is 14.0. The summed E-state index contributed by atoms with van der Waals surface area (Å²) in [7, 11) is 0. The van der Waals surface area contributed by atoms with Crippen molar-refractivity contribution in [2.45, 2.75) is 38.6 Å². The highest BCUT2D eigenvalue weighted by atomic mass is 35.5. The average Bonchev–Trinajstić information content (AvgIpc) is 2.46. The highest BCUT2D eigenvalue weighted by molar-refractivity contribution is 5.85. The van der Waals surface area contributed by atoms with Crippen molar-refractivity contribution >= 4 is 30.7 Å². The molecule has 1 amide bonds. The molecule has 1 saturated heterocycles. The van der Waals surface area contributed by atoms with Crippen molar-refractivity contribution in [3.63, 3.8) is 0 Å². The van der Waals surface area contributed by atoms with Crippen LogP contribution in [0.1, 0.15) is 31.9 Å². The normalized spacial score (nSPS) is 16.6. The lowest BCUT2D eigenvalue weighted by atomic mass is 9.91. The van der Waals surface area contributed by atoms with Gasteiger partial charge in [0.25, 0.3) is 0 Å². The third kappa shape index (κ3) is 6.20. The Morgan fingerprint density at radius 3 is 2.57 bits per heavy atom. The number of carbonyl (C=O) groups is 1. The topological polar surface area (TPSA) is 59.2 Å². The molecule has 0 spiro atoms. The molecule has 0 aromatic carbocycles. The molecule has 1 fully saturated rings. The number of likely N-dealkylation sites (tertiary alicyclic amines) is 1. The van der Waals surface area contributed by atoms with Gasteiger partial charge in [-0.2, -0.15) is 0 Å². The summed E-state index contributed by atoms with van der Waals surface area (Å²) >= 11 is 0. The van der Waals surface area contributed by atoms with Crippen LogP contribution in [0.3, 0.4) is 0 Å². The largest absolute Gasteiger partial charge is 0.343 e. The molecule has 1 aliphatic rings. The van der Waals surface area contributed by atoms with E-state index in [1.54, 1.807) is 6.20 Å². The van der Waals surface area contributed by atoms with E-state index in [4.69, 9.17) is 5.73 Å². The molecule has 0 bridgehead atoms. The van der Waals surface area contributed by atoms with E-state index in [1.165, 1.54) is 0 Å². The van der Waals surface area contributed by atoms with Crippen LogP contribution in [0.15, 0.2) is 24.4 Å². The molecule has 1 aromatic heterocycles. The third-order valence-electron chi connectivity index (χ3n) is 3.96. The molecule has 2 rings (SSSR count). The van der Waals surface area contributed by atoms with E-state index in [1.807, 2.05) is 23.1 Å². The van der Waals surface area contributed by atoms with Gasteiger partial charge in [-0.05, 0) is 44.2 Å². The van der Waals surface area contributed by atoms with E-state index in [9.17, 15) is 4.79 Å². The smallest absolute Gasteiger partial charge is 0.222 e. The molecular weight excluding hydrogens is 309 g/mol. The molecule has 1 atom stereocenters. The van der Waals surface area contributed by atoms with Gasteiger partial charge in [0, 0.05) is 37.4 Å². The van der Waals surface area contributed by atoms with Crippen molar-refractivity contribution in [1.82, 2.24) is 9.88 Å². The maximum atomic E-state index is 12.1. The Bertz CT molecular complexity index is 407. The second kappa shape index (κ2) is 9.98. The molecule has 1 unspecified atom stereocenters. The molecule has 0 aliphatic carbocycles. The number of aryl methyl sites for hydroxylation is 1. The number of carbonyl (C=O) groups excluding carboxylic acids is 1. The molecule has 120 valence electrons. The van der Waals surface area contributed by atoms with Crippen LogP contribution in [0, 0.1) is 5.92 Å². The number of amides is 1. The summed E-state index contributed by atoms with van der Waals surface area (Å²) in [4.78, 5) is 18.3. The first-order valence-corrected chi connectivity index (χ1v) is 7.10. The van der Waals surface area contributed by atoms with Crippen LogP contribution in [0.2, 0.25) is 0 Å². The van der Waals surface area contributed by atoms with Gasteiger partial charge in [0.1, 0.15) is 0 Å². The van der Waals surface area contributed by atoms with Gasteiger partial charge >= 0.3 is 0 Å². The minimum atomic E-state index is 0. The van der Waals surface area contributed by atoms with Gasteiger partial charge < -0.3 is 10.6 Å². The van der Waals surface area contributed by atoms with Crippen molar-refractivity contribution < 1.29 is 4.79 Å². The fourth-order valence-corrected chi connectivity index (χ4v) is 2.61. The molecule has 0 radical (unpaired) electrons. The highest BCUT2D eigenvalue weighted by Gasteiger charge is 2.24. The minimum absolute atomic E-state index is 0. The third-order valence-corrected chi connectivity index (χ3v) is 3.96. The number of pyridine rings is 1. The number of piperidine rings is 1. The predicted molar refractivity (Wildman–Crippen MR) is 90.0 cm³/mol. The monoisotopic (exact) mass is 333 g/mol. The fraction of sp³-hybridized carbons (Fsp3) is 0.600. The summed E-state index contributed by atoms with van der Waals surface area (Å²) in [6.07, 6.45) is 5.13. The van der Waals surface area contributed by atoms with E-state index in [0.717, 1.165) is 38.0 Å². The van der Waals surface area contributed by atoms with E-state index in [0.29, 0.717) is 12.3 Å². The SMILES string of the molecule is CC(N)C1CCN(C(=O)CCc2ccccn2)CC1.Cl.Cl. The summed E-state index contributed by atoms with van der Waals surface area (Å²) in [5, 5.41) is 0. The van der Waals surface area contributed by atoms with Gasteiger partial charge in [-0.3, -0.25) is 9.78 Å². The molecule has 1 aliphatic heterocycles. The second-order valence-corrected chi connectivity index (χ2v) is 5.40. The zero-order chi connectivity index (χ0) is 13.7. The van der Waals surface area contributed by atoms with Gasteiger partial charge in [0.15, 0.2) is 0 Å². The Morgan fingerprint density at radius 1 is 1.38 bits per heavy atom. The van der Waals surface area contributed by atoms with Gasteiger partial charge in [0.05, 0.1) is 0 Å². The van der Waals surface area contributed by atoms with Crippen LogP contribution in [-0.2, 0) is 11.2 Å². The quantitative estimate of drug-likeness (QED) is 0.920. The zero-order valence-electron chi connectivity index (χ0n) is 12.4. The number of hydrogen-bond donors (Lipinski definition) is 1. The summed E-state index contributed by atoms with van der Waals surface area (Å²) in [6.45, 7) is 3.77. The first-order valence-electron chi connectivity index (χ1n) is 7.10. The summed E-state index contributed by atoms with van der Waals surface area (Å²) < 4.78 is 0. The number of aromatic nitrogens is 1. The Labute approximate surface area is 139 Å². The van der Waals surface area contributed by atoms with Crippen molar-refractivity contribution in [2.24, 2.45) is 11.7 Å². The Morgan fingerprint density at radius 2 is 2.05 bits per heavy atom. The molecule has 1 aromatic rings. The lowest BCUT2D eigenvalue weighted by Gasteiger charge is -2.33. The summed E-state index contributed by atoms with van der Waals surface area (Å²) in [6, 6.07) is 6.06. The van der Waals surface area contributed by atoms with Crippen molar-refractivity contribution in [2.75, 3.05) is 13.1 Å². The van der Waals surface area contributed by atoms with Crippen LogP contribution in [-0.4, -0.2) is 34.9 Å². The Hall–Kier alpha value is -0.840. The van der Waals surface area contributed by atoms with Gasteiger partial charge in [-0.1, -0.05) is 6.07 Å². The number of halogens is 2. The van der Waals surface area contributed by atoms with Gasteiger partial charge in [0.2, 0.25) is 5.91 Å². The minimum Gasteiger partial charge on any atom is -0.343 e. The lowest BCUT2D eigenvalue weighted by molar-refractivity contribution is -0.132. The number of nitrogens with two attached hydrogens (primary N) is 1. The Kier molecular flexibility index (Phi) is 9.58. The van der Waals surface area contributed by atoms with E-state index in [-0.39, 0.29) is 36.8 Å². The molecular formula is C15H25Cl2N3O. The number of rotatable bonds is 4. The maximum Gasteiger partial charge on any atom is 0.222 e. The summed E-state index contributed by atoms with van der Waals surface area (Å²) in [5.41, 5.74) is 6.90. The fourth-order valence-electron chi connectivity index (χ4n) is 2.61. The van der Waals surface area contributed by atoms with Crippen LogP contribution >= 0.6 is 24.8 Å². The molecule has 6 heteroatoms. The van der Waals surface area contributed by atoms with Crippen LogP contribution in [0.5, 0.6) is 0 Å². The van der Waals surface area contributed by atoms with E-state index in [2.05, 4.69) is 11.9 Å². The first-order chi connectivity index (χ1) is 9.16. The average molecular weight is 334 g/mol. The molecule has 21 heavy (non-hydrogen) atoms. The van der Waals surface area contributed by atoms with E-state index >= 15 is 0 Å². The second-order valence-electron chi connectivity index (χ2n) is 5.40. The van der Waals surface area contributed by atoms with Crippen molar-refractivity contribution in [3.05, 3.63) is 30.1 Å². The predicted octanol–water partition coefficient (Wildman–Crippen LogP) is 2.44. The van der Waals surface area contributed by atoms with Crippen molar-refractivity contribution in [3.8, 4) is 0 Å². The number of hydrogen-bond acceptors (Lipinski definition) is 3. The number of nitrogens with zero attached hydrogens (tertiary/aromatic N) is 2. The van der Waals surface area contributed by atoms with Crippen LogP contribution in [0.25, 0.3) is 0 Å². The van der Waals surface area contributed by atoms with Crippen molar-refractivity contribution in [1.29, 1.82) is 0 Å². The van der Waals surface area contributed by atoms with Gasteiger partial charge in [-0.25, -0.2) is 0 Å². The first kappa shape index (κ1) is 20.2. The molecule has 0 saturated carbocycles. The molecule has 4 nitrogen and oxygen atoms in total. The van der Waals surface area contributed by atoms with E-state index < -0.39 is 0 Å². The maximum absolute atomic E-state index is 12.1.